The van der Waals surface area contributed by atoms with Crippen molar-refractivity contribution in [2.75, 3.05) is 12.0 Å². The number of hydrogen-bond donors (Lipinski definition) is 1. The molecule has 0 spiro atoms. The molecule has 4 aromatic rings. The first kappa shape index (κ1) is 22.5. The number of ether oxygens (including phenoxy) is 1. The molecule has 178 valence electrons. The van der Waals surface area contributed by atoms with Crippen molar-refractivity contribution in [3.63, 3.8) is 0 Å². The Morgan fingerprint density at radius 1 is 1.14 bits per heavy atom. The van der Waals surface area contributed by atoms with Crippen LogP contribution in [0.2, 0.25) is 0 Å². The van der Waals surface area contributed by atoms with Gasteiger partial charge in [0.15, 0.2) is 5.76 Å². The highest BCUT2D eigenvalue weighted by molar-refractivity contribution is 6.12. The van der Waals surface area contributed by atoms with Crippen molar-refractivity contribution in [1.29, 1.82) is 0 Å². The maximum Gasteiger partial charge on any atom is 0.277 e. The lowest BCUT2D eigenvalue weighted by Crippen LogP contribution is -2.64. The number of anilines is 1. The molecule has 0 saturated heterocycles. The molecule has 0 aliphatic carbocycles. The maximum absolute atomic E-state index is 13.8. The summed E-state index contributed by atoms with van der Waals surface area (Å²) in [5.74, 6) is 0.531. The van der Waals surface area contributed by atoms with Gasteiger partial charge in [-0.3, -0.25) is 19.2 Å². The minimum Gasteiger partial charge on any atom is -0.497 e. The molecule has 0 fully saturated rings. The van der Waals surface area contributed by atoms with Crippen LogP contribution in [0.5, 0.6) is 5.75 Å². The molecule has 0 bridgehead atoms. The van der Waals surface area contributed by atoms with Gasteiger partial charge in [0.05, 0.1) is 19.9 Å². The third-order valence-corrected chi connectivity index (χ3v) is 6.30. The fourth-order valence-electron chi connectivity index (χ4n) is 4.36. The molecule has 1 aliphatic heterocycles. The first-order chi connectivity index (χ1) is 16.9. The number of methoxy groups -OCH3 is 1. The molecule has 8 heteroatoms. The zero-order valence-electron chi connectivity index (χ0n) is 19.8. The van der Waals surface area contributed by atoms with E-state index in [2.05, 4.69) is 10.4 Å². The number of carbonyl (C=O) groups excluding carboxylic acids is 2. The smallest absolute Gasteiger partial charge is 0.277 e. The first-order valence-corrected chi connectivity index (χ1v) is 11.3. The van der Waals surface area contributed by atoms with Crippen LogP contribution in [0.4, 0.5) is 5.69 Å². The molecule has 0 saturated carbocycles. The van der Waals surface area contributed by atoms with Crippen molar-refractivity contribution in [3.05, 3.63) is 89.8 Å². The number of aryl methyl sites for hydroxylation is 1. The van der Waals surface area contributed by atoms with Gasteiger partial charge < -0.3 is 14.5 Å². The number of aromatic nitrogens is 2. The molecule has 2 amide bonds. The van der Waals surface area contributed by atoms with Crippen molar-refractivity contribution < 1.29 is 18.7 Å². The van der Waals surface area contributed by atoms with Crippen LogP contribution in [-0.4, -0.2) is 34.2 Å². The van der Waals surface area contributed by atoms with Crippen molar-refractivity contribution in [2.45, 2.75) is 32.5 Å². The maximum atomic E-state index is 13.8. The molecule has 3 heterocycles. The Morgan fingerprint density at radius 2 is 1.94 bits per heavy atom. The Morgan fingerprint density at radius 3 is 2.66 bits per heavy atom. The van der Waals surface area contributed by atoms with E-state index in [1.807, 2.05) is 31.2 Å². The lowest BCUT2D eigenvalue weighted by molar-refractivity contribution is -0.126. The lowest BCUT2D eigenvalue weighted by Gasteiger charge is -2.43. The molecule has 0 unspecified atom stereocenters. The summed E-state index contributed by atoms with van der Waals surface area (Å²) in [4.78, 5) is 29.1. The van der Waals surface area contributed by atoms with E-state index in [1.54, 1.807) is 67.4 Å². The first-order valence-electron chi connectivity index (χ1n) is 11.3. The Balaban J connectivity index is 1.53. The summed E-state index contributed by atoms with van der Waals surface area (Å²) in [6.07, 6.45) is 1.56. The van der Waals surface area contributed by atoms with Crippen LogP contribution < -0.4 is 15.0 Å². The topological polar surface area (TPSA) is 89.6 Å². The molecular weight excluding hydrogens is 444 g/mol. The number of rotatable bonds is 6. The second-order valence-corrected chi connectivity index (χ2v) is 8.83. The average Bonchev–Trinajstić information content (AvgIpc) is 3.54. The number of nitrogens with one attached hydrogen (secondary N) is 1. The largest absolute Gasteiger partial charge is 0.497 e. The van der Waals surface area contributed by atoms with Gasteiger partial charge in [0.25, 0.3) is 5.91 Å². The summed E-state index contributed by atoms with van der Waals surface area (Å²) in [5.41, 5.74) is 2.36. The van der Waals surface area contributed by atoms with Gasteiger partial charge in [-0.05, 0) is 43.7 Å². The summed E-state index contributed by atoms with van der Waals surface area (Å²) < 4.78 is 12.4. The Kier molecular flexibility index (Phi) is 5.64. The Hall–Kier alpha value is -4.33. The normalized spacial score (nSPS) is 17.2. The number of nitrogens with zero attached hydrogens (tertiary/aromatic N) is 3. The van der Waals surface area contributed by atoms with Crippen LogP contribution >= 0.6 is 0 Å². The van der Waals surface area contributed by atoms with Crippen molar-refractivity contribution >= 4 is 17.5 Å². The minimum absolute atomic E-state index is 0.172. The van der Waals surface area contributed by atoms with E-state index in [9.17, 15) is 9.59 Å². The summed E-state index contributed by atoms with van der Waals surface area (Å²) in [7, 11) is 1.56. The van der Waals surface area contributed by atoms with Crippen molar-refractivity contribution in [2.24, 2.45) is 0 Å². The van der Waals surface area contributed by atoms with Crippen molar-refractivity contribution in [1.82, 2.24) is 15.1 Å². The van der Waals surface area contributed by atoms with Gasteiger partial charge >= 0.3 is 0 Å². The lowest BCUT2D eigenvalue weighted by atomic mass is 9.93. The summed E-state index contributed by atoms with van der Waals surface area (Å²) in [6, 6.07) is 20.3. The Labute approximate surface area is 203 Å². The second kappa shape index (κ2) is 8.79. The predicted octanol–water partition coefficient (Wildman–Crippen LogP) is 4.20. The monoisotopic (exact) mass is 470 g/mol. The van der Waals surface area contributed by atoms with E-state index in [4.69, 9.17) is 9.15 Å². The third kappa shape index (κ3) is 4.07. The number of fused-ring (bicyclic) bond motifs is 1. The van der Waals surface area contributed by atoms with Gasteiger partial charge in [0, 0.05) is 24.4 Å². The van der Waals surface area contributed by atoms with Crippen LogP contribution in [0, 0.1) is 6.92 Å². The van der Waals surface area contributed by atoms with Gasteiger partial charge in [-0.15, -0.1) is 0 Å². The molecule has 0 radical (unpaired) electrons. The van der Waals surface area contributed by atoms with E-state index >= 15 is 0 Å². The van der Waals surface area contributed by atoms with Gasteiger partial charge in [0.2, 0.25) is 5.91 Å². The molecule has 2 aromatic heterocycles. The van der Waals surface area contributed by atoms with E-state index in [0.29, 0.717) is 35.1 Å². The van der Waals surface area contributed by atoms with Gasteiger partial charge in [-0.1, -0.05) is 35.9 Å². The second-order valence-electron chi connectivity index (χ2n) is 8.83. The minimum atomic E-state index is -1.24. The number of benzene rings is 2. The third-order valence-electron chi connectivity index (χ3n) is 6.30. The van der Waals surface area contributed by atoms with Gasteiger partial charge in [0.1, 0.15) is 22.7 Å². The summed E-state index contributed by atoms with van der Waals surface area (Å²) in [6.45, 7) is 4.29. The standard InChI is InChI=1S/C27H26N4O4/c1-18-9-11-19(12-10-18)16-28-26(33)27(2)17-30-23(15-22(29-30)24-8-5-13-35-24)25(32)31(27)20-6-4-7-21(14-20)34-3/h4-15H,16-17H2,1-3H3,(H,28,33)/t27-/m0/s1. The number of carbonyl (C=O) groups is 2. The van der Waals surface area contributed by atoms with E-state index in [-0.39, 0.29) is 18.4 Å². The van der Waals surface area contributed by atoms with Crippen LogP contribution in [0.3, 0.4) is 0 Å². The molecule has 5 rings (SSSR count). The van der Waals surface area contributed by atoms with Gasteiger partial charge in [-0.2, -0.15) is 5.10 Å². The number of amides is 2. The summed E-state index contributed by atoms with van der Waals surface area (Å²) in [5, 5.41) is 7.60. The molecule has 1 N–H and O–H groups in total. The number of hydrogen-bond acceptors (Lipinski definition) is 5. The zero-order chi connectivity index (χ0) is 24.6. The highest BCUT2D eigenvalue weighted by atomic mass is 16.5. The highest BCUT2D eigenvalue weighted by Crippen LogP contribution is 2.35. The van der Waals surface area contributed by atoms with E-state index in [0.717, 1.165) is 11.1 Å². The SMILES string of the molecule is COc1cccc(N2C(=O)c3cc(-c4ccco4)nn3C[C@@]2(C)C(=O)NCc2ccc(C)cc2)c1. The van der Waals surface area contributed by atoms with Crippen LogP contribution in [-0.2, 0) is 17.9 Å². The quantitative estimate of drug-likeness (QED) is 0.456. The van der Waals surface area contributed by atoms with E-state index < -0.39 is 5.54 Å². The molecule has 35 heavy (non-hydrogen) atoms. The number of furan rings is 1. The molecule has 8 nitrogen and oxygen atoms in total. The zero-order valence-corrected chi connectivity index (χ0v) is 19.8. The van der Waals surface area contributed by atoms with Crippen molar-refractivity contribution in [3.8, 4) is 17.2 Å². The fourth-order valence-corrected chi connectivity index (χ4v) is 4.36. The molecular formula is C27H26N4O4. The molecule has 1 aliphatic rings. The van der Waals surface area contributed by atoms with Crippen LogP contribution in [0.25, 0.3) is 11.5 Å². The van der Waals surface area contributed by atoms with Crippen LogP contribution in [0.1, 0.15) is 28.5 Å². The van der Waals surface area contributed by atoms with Crippen LogP contribution in [0.15, 0.2) is 77.4 Å². The molecule has 2 aromatic carbocycles. The Bertz CT molecular complexity index is 1370. The fraction of sp³-hybridized carbons (Fsp3) is 0.222. The van der Waals surface area contributed by atoms with Gasteiger partial charge in [-0.25, -0.2) is 0 Å². The van der Waals surface area contributed by atoms with E-state index in [1.165, 1.54) is 4.90 Å². The highest BCUT2D eigenvalue weighted by Gasteiger charge is 2.49. The average molecular weight is 471 g/mol. The summed E-state index contributed by atoms with van der Waals surface area (Å²) >= 11 is 0. The predicted molar refractivity (Wildman–Crippen MR) is 131 cm³/mol. The molecule has 1 atom stereocenters.